The molecule has 9 heavy (non-hydrogen) atoms. The van der Waals surface area contributed by atoms with Crippen LogP contribution in [0.1, 0.15) is 26.2 Å². The van der Waals surface area contributed by atoms with Crippen molar-refractivity contribution in [3.05, 3.63) is 0 Å². The van der Waals surface area contributed by atoms with Crippen LogP contribution in [0, 0.1) is 0 Å². The van der Waals surface area contributed by atoms with E-state index in [9.17, 15) is 0 Å². The largest absolute Gasteiger partial charge is 0.127 e. The van der Waals surface area contributed by atoms with Crippen LogP contribution in [-0.4, -0.2) is 13.8 Å². The molecule has 1 radical (unpaired) electrons. The summed E-state index contributed by atoms with van der Waals surface area (Å²) in [7, 11) is -0.0997. The molecule has 0 spiro atoms. The number of hydrogen-bond donors (Lipinski definition) is 0. The molecule has 1 heterocycles. The van der Waals surface area contributed by atoms with Gasteiger partial charge in [0.05, 0.1) is 8.80 Å². The topological polar surface area (TPSA) is 0 Å². The first kappa shape index (κ1) is 7.61. The maximum atomic E-state index is 6.00. The Balaban J connectivity index is 2.23. The number of alkyl halides is 1. The van der Waals surface area contributed by atoms with E-state index in [0.29, 0.717) is 5.00 Å². The zero-order chi connectivity index (χ0) is 6.69. The fourth-order valence-corrected chi connectivity index (χ4v) is 4.51. The molecule has 1 aliphatic heterocycles. The normalized spacial score (nSPS) is 26.0. The van der Waals surface area contributed by atoms with Gasteiger partial charge in [0.2, 0.25) is 0 Å². The lowest BCUT2D eigenvalue weighted by Crippen LogP contribution is -2.25. The first-order valence-electron chi connectivity index (χ1n) is 3.79. The van der Waals surface area contributed by atoms with Crippen LogP contribution >= 0.6 is 11.6 Å². The molecule has 1 atom stereocenters. The van der Waals surface area contributed by atoms with Crippen LogP contribution in [0.3, 0.4) is 0 Å². The monoisotopic (exact) mass is 161 g/mol. The zero-order valence-corrected chi connectivity index (χ0v) is 7.75. The summed E-state index contributed by atoms with van der Waals surface area (Å²) < 4.78 is 0. The molecular weight excluding hydrogens is 148 g/mol. The fraction of sp³-hybridized carbons (Fsp3) is 1.00. The molecule has 0 bridgehead atoms. The van der Waals surface area contributed by atoms with Gasteiger partial charge in [-0.05, 0) is 0 Å². The Labute approximate surface area is 64.2 Å². The molecule has 0 aromatic carbocycles. The third-order valence-electron chi connectivity index (χ3n) is 2.06. The number of hydrogen-bond acceptors (Lipinski definition) is 0. The van der Waals surface area contributed by atoms with Gasteiger partial charge in [-0.15, -0.1) is 11.6 Å². The summed E-state index contributed by atoms with van der Waals surface area (Å²) in [6.07, 6.45) is 4.36. The molecule has 0 aliphatic carbocycles. The third kappa shape index (κ3) is 2.30. The second-order valence-corrected chi connectivity index (χ2v) is 7.04. The van der Waals surface area contributed by atoms with Crippen molar-refractivity contribution in [3.8, 4) is 0 Å². The Morgan fingerprint density at radius 1 is 1.22 bits per heavy atom. The van der Waals surface area contributed by atoms with Gasteiger partial charge in [0.25, 0.3) is 0 Å². The number of rotatable bonds is 1. The van der Waals surface area contributed by atoms with E-state index in [0.717, 1.165) is 0 Å². The van der Waals surface area contributed by atoms with E-state index in [1.165, 1.54) is 31.4 Å². The molecule has 0 aromatic heterocycles. The van der Waals surface area contributed by atoms with Crippen LogP contribution in [0.4, 0.5) is 0 Å². The fourth-order valence-electron chi connectivity index (χ4n) is 1.40. The highest BCUT2D eigenvalue weighted by molar-refractivity contribution is 6.69. The quantitative estimate of drug-likeness (QED) is 0.410. The van der Waals surface area contributed by atoms with Crippen molar-refractivity contribution >= 4 is 20.4 Å². The average Bonchev–Trinajstić information content (AvgIpc) is 1.90. The Bertz CT molecular complexity index is 77.0. The van der Waals surface area contributed by atoms with E-state index in [2.05, 4.69) is 6.92 Å². The van der Waals surface area contributed by atoms with Gasteiger partial charge in [0, 0.05) is 5.00 Å². The van der Waals surface area contributed by atoms with Crippen LogP contribution < -0.4 is 0 Å². The molecular formula is C7H14ClSi. The summed E-state index contributed by atoms with van der Waals surface area (Å²) >= 11 is 6.00. The van der Waals surface area contributed by atoms with Gasteiger partial charge in [0.1, 0.15) is 0 Å². The Kier molecular flexibility index (Phi) is 3.06. The van der Waals surface area contributed by atoms with E-state index >= 15 is 0 Å². The van der Waals surface area contributed by atoms with Gasteiger partial charge < -0.3 is 0 Å². The highest BCUT2D eigenvalue weighted by Crippen LogP contribution is 2.22. The van der Waals surface area contributed by atoms with Crippen molar-refractivity contribution < 1.29 is 0 Å². The predicted octanol–water partition coefficient (Wildman–Crippen LogP) is 2.83. The summed E-state index contributed by atoms with van der Waals surface area (Å²) in [6, 6.07) is 2.94. The van der Waals surface area contributed by atoms with Crippen LogP contribution in [0.5, 0.6) is 0 Å². The smallest absolute Gasteiger partial charge is 0.0697 e. The Morgan fingerprint density at radius 3 is 2.11 bits per heavy atom. The lowest BCUT2D eigenvalue weighted by Gasteiger charge is -2.21. The molecule has 1 saturated heterocycles. The van der Waals surface area contributed by atoms with Crippen molar-refractivity contribution in [2.24, 2.45) is 0 Å². The third-order valence-corrected chi connectivity index (χ3v) is 6.10. The highest BCUT2D eigenvalue weighted by atomic mass is 35.5. The van der Waals surface area contributed by atoms with Crippen LogP contribution in [0.25, 0.3) is 0 Å². The molecule has 53 valence electrons. The molecule has 0 aromatic rings. The highest BCUT2D eigenvalue weighted by Gasteiger charge is 2.19. The summed E-state index contributed by atoms with van der Waals surface area (Å²) in [5.74, 6) is 0. The summed E-state index contributed by atoms with van der Waals surface area (Å²) in [6.45, 7) is 2.17. The van der Waals surface area contributed by atoms with E-state index in [1.54, 1.807) is 0 Å². The molecule has 1 unspecified atom stereocenters. The molecule has 0 saturated carbocycles. The molecule has 0 nitrogen and oxygen atoms in total. The van der Waals surface area contributed by atoms with Gasteiger partial charge in [0.15, 0.2) is 0 Å². The second-order valence-electron chi connectivity index (χ2n) is 2.83. The molecule has 1 rings (SSSR count). The van der Waals surface area contributed by atoms with Gasteiger partial charge in [-0.1, -0.05) is 38.3 Å². The molecule has 2 heteroatoms. The van der Waals surface area contributed by atoms with E-state index in [4.69, 9.17) is 11.6 Å². The van der Waals surface area contributed by atoms with Crippen molar-refractivity contribution in [3.63, 3.8) is 0 Å². The predicted molar refractivity (Wildman–Crippen MR) is 44.5 cm³/mol. The standard InChI is InChI=1S/C7H14ClSi/c1-7(8)9-5-3-2-4-6-9/h7H,2-6H2,1H3. The summed E-state index contributed by atoms with van der Waals surface area (Å²) in [5, 5.41) is 0.510. The zero-order valence-electron chi connectivity index (χ0n) is 5.99. The summed E-state index contributed by atoms with van der Waals surface area (Å²) in [4.78, 5) is 0. The molecule has 0 amide bonds. The van der Waals surface area contributed by atoms with Crippen LogP contribution in [0.2, 0.25) is 12.1 Å². The minimum Gasteiger partial charge on any atom is -0.127 e. The Morgan fingerprint density at radius 2 is 1.78 bits per heavy atom. The maximum absolute atomic E-state index is 6.00. The van der Waals surface area contributed by atoms with E-state index in [1.807, 2.05) is 0 Å². The van der Waals surface area contributed by atoms with Crippen molar-refractivity contribution in [2.75, 3.05) is 0 Å². The lowest BCUT2D eigenvalue weighted by atomic mass is 10.3. The molecule has 1 aliphatic rings. The lowest BCUT2D eigenvalue weighted by molar-refractivity contribution is 0.719. The van der Waals surface area contributed by atoms with Gasteiger partial charge in [-0.3, -0.25) is 0 Å². The van der Waals surface area contributed by atoms with Crippen molar-refractivity contribution in [2.45, 2.75) is 43.3 Å². The first-order valence-corrected chi connectivity index (χ1v) is 6.22. The minimum atomic E-state index is -0.0997. The van der Waals surface area contributed by atoms with Gasteiger partial charge in [-0.25, -0.2) is 0 Å². The maximum Gasteiger partial charge on any atom is 0.0697 e. The summed E-state index contributed by atoms with van der Waals surface area (Å²) in [5.41, 5.74) is 0. The van der Waals surface area contributed by atoms with E-state index in [-0.39, 0.29) is 8.80 Å². The van der Waals surface area contributed by atoms with Gasteiger partial charge >= 0.3 is 0 Å². The van der Waals surface area contributed by atoms with Crippen molar-refractivity contribution in [1.82, 2.24) is 0 Å². The van der Waals surface area contributed by atoms with Gasteiger partial charge in [-0.2, -0.15) is 0 Å². The van der Waals surface area contributed by atoms with Crippen molar-refractivity contribution in [1.29, 1.82) is 0 Å². The minimum absolute atomic E-state index is 0.0997. The first-order chi connectivity index (χ1) is 4.30. The SMILES string of the molecule is CC(Cl)[Si]1CCCCC1. The van der Waals surface area contributed by atoms with Crippen LogP contribution in [-0.2, 0) is 0 Å². The second kappa shape index (κ2) is 3.62. The molecule has 0 N–H and O–H groups in total. The van der Waals surface area contributed by atoms with E-state index < -0.39 is 0 Å². The number of halogens is 1. The average molecular weight is 162 g/mol. The Hall–Kier alpha value is 0.507. The van der Waals surface area contributed by atoms with Crippen LogP contribution in [0.15, 0.2) is 0 Å². The molecule has 1 fully saturated rings.